The molecule has 6 nitrogen and oxygen atoms in total. The number of likely N-dealkylation sites (N-methyl/N-ethyl adjacent to an activating group) is 1. The Bertz CT molecular complexity index is 293. The van der Waals surface area contributed by atoms with Gasteiger partial charge in [-0.05, 0) is 13.8 Å². The van der Waals surface area contributed by atoms with Crippen molar-refractivity contribution in [2.24, 2.45) is 11.7 Å². The van der Waals surface area contributed by atoms with E-state index in [2.05, 4.69) is 0 Å². The van der Waals surface area contributed by atoms with Gasteiger partial charge in [-0.15, -0.1) is 0 Å². The Labute approximate surface area is 101 Å². The minimum absolute atomic E-state index is 0.107. The number of ether oxygens (including phenoxy) is 1. The molecule has 6 heteroatoms. The van der Waals surface area contributed by atoms with Crippen molar-refractivity contribution in [2.45, 2.75) is 32.4 Å². The van der Waals surface area contributed by atoms with Crippen molar-refractivity contribution in [2.75, 3.05) is 19.8 Å². The van der Waals surface area contributed by atoms with E-state index in [4.69, 9.17) is 15.6 Å². The number of nitrogens with zero attached hydrogens (tertiary/aromatic N) is 1. The number of rotatable bonds is 5. The van der Waals surface area contributed by atoms with Gasteiger partial charge in [0.1, 0.15) is 5.92 Å². The van der Waals surface area contributed by atoms with E-state index in [-0.39, 0.29) is 37.6 Å². The van der Waals surface area contributed by atoms with Gasteiger partial charge in [-0.3, -0.25) is 9.59 Å². The zero-order chi connectivity index (χ0) is 13.0. The molecule has 1 heterocycles. The van der Waals surface area contributed by atoms with Crippen molar-refractivity contribution in [1.29, 1.82) is 0 Å². The summed E-state index contributed by atoms with van der Waals surface area (Å²) in [6.45, 7) is 4.52. The van der Waals surface area contributed by atoms with Gasteiger partial charge in [0.2, 0.25) is 5.91 Å². The summed E-state index contributed by atoms with van der Waals surface area (Å²) in [5.74, 6) is -1.66. The van der Waals surface area contributed by atoms with Crippen molar-refractivity contribution in [1.82, 2.24) is 4.90 Å². The fourth-order valence-electron chi connectivity index (χ4n) is 2.07. The topological polar surface area (TPSA) is 92.9 Å². The number of carbonyl (C=O) groups is 2. The normalized spacial score (nSPS) is 25.6. The van der Waals surface area contributed by atoms with Gasteiger partial charge in [0.25, 0.3) is 0 Å². The van der Waals surface area contributed by atoms with Crippen LogP contribution in [0.15, 0.2) is 0 Å². The van der Waals surface area contributed by atoms with E-state index in [1.807, 2.05) is 6.92 Å². The maximum atomic E-state index is 11.9. The molecule has 1 aliphatic rings. The Morgan fingerprint density at radius 3 is 2.65 bits per heavy atom. The van der Waals surface area contributed by atoms with Gasteiger partial charge >= 0.3 is 5.97 Å². The zero-order valence-corrected chi connectivity index (χ0v) is 10.3. The number of amides is 1. The minimum atomic E-state index is -0.917. The minimum Gasteiger partial charge on any atom is -0.481 e. The predicted octanol–water partition coefficient (Wildman–Crippen LogP) is -0.328. The second-order valence-electron chi connectivity index (χ2n) is 4.41. The first kappa shape index (κ1) is 13.9. The number of hydrogen-bond acceptors (Lipinski definition) is 4. The largest absolute Gasteiger partial charge is 0.481 e. The van der Waals surface area contributed by atoms with Crippen LogP contribution in [0.1, 0.15) is 20.3 Å². The maximum absolute atomic E-state index is 11.9. The summed E-state index contributed by atoms with van der Waals surface area (Å²) in [4.78, 5) is 24.5. The molecule has 1 saturated heterocycles. The molecule has 1 rings (SSSR count). The van der Waals surface area contributed by atoms with Gasteiger partial charge in [-0.1, -0.05) is 0 Å². The Morgan fingerprint density at radius 2 is 2.18 bits per heavy atom. The highest BCUT2D eigenvalue weighted by Crippen LogP contribution is 2.20. The van der Waals surface area contributed by atoms with Crippen LogP contribution in [0.2, 0.25) is 0 Å². The van der Waals surface area contributed by atoms with Crippen LogP contribution in [-0.4, -0.2) is 53.7 Å². The van der Waals surface area contributed by atoms with Crippen LogP contribution in [0.25, 0.3) is 0 Å². The quantitative estimate of drug-likeness (QED) is 0.691. The smallest absolute Gasteiger partial charge is 0.311 e. The average molecular weight is 244 g/mol. The third-order valence-corrected chi connectivity index (χ3v) is 2.93. The van der Waals surface area contributed by atoms with E-state index in [0.717, 1.165) is 0 Å². The van der Waals surface area contributed by atoms with E-state index in [1.165, 1.54) is 0 Å². The molecule has 0 aromatic heterocycles. The summed E-state index contributed by atoms with van der Waals surface area (Å²) in [7, 11) is 0. The number of carboxylic acids is 1. The maximum Gasteiger partial charge on any atom is 0.311 e. The third-order valence-electron chi connectivity index (χ3n) is 2.93. The second kappa shape index (κ2) is 5.97. The standard InChI is InChI=1S/C11H20N2O4/c1-3-13(10(14)4-7(2)12)9-6-17-5-8(9)11(15)16/h7-9H,3-6,12H2,1-2H3,(H,15,16). The first-order valence-electron chi connectivity index (χ1n) is 5.83. The monoisotopic (exact) mass is 244 g/mol. The van der Waals surface area contributed by atoms with E-state index >= 15 is 0 Å². The van der Waals surface area contributed by atoms with Crippen molar-refractivity contribution < 1.29 is 19.4 Å². The molecule has 0 spiro atoms. The van der Waals surface area contributed by atoms with Crippen molar-refractivity contribution in [3.63, 3.8) is 0 Å². The first-order chi connectivity index (χ1) is 7.97. The highest BCUT2D eigenvalue weighted by molar-refractivity contribution is 5.79. The van der Waals surface area contributed by atoms with Crippen LogP contribution in [0.3, 0.4) is 0 Å². The number of hydrogen-bond donors (Lipinski definition) is 2. The molecule has 1 amide bonds. The average Bonchev–Trinajstić information content (AvgIpc) is 2.66. The van der Waals surface area contributed by atoms with E-state index < -0.39 is 11.9 Å². The van der Waals surface area contributed by atoms with Gasteiger partial charge in [0.05, 0.1) is 19.3 Å². The molecule has 0 bridgehead atoms. The van der Waals surface area contributed by atoms with Gasteiger partial charge < -0.3 is 20.5 Å². The van der Waals surface area contributed by atoms with Gasteiger partial charge in [0, 0.05) is 19.0 Å². The van der Waals surface area contributed by atoms with Crippen LogP contribution < -0.4 is 5.73 Å². The molecule has 0 aromatic rings. The predicted molar refractivity (Wildman–Crippen MR) is 61.4 cm³/mol. The molecule has 3 atom stereocenters. The summed E-state index contributed by atoms with van der Waals surface area (Å²) in [5, 5.41) is 9.05. The Kier molecular flexibility index (Phi) is 4.89. The molecule has 0 aliphatic carbocycles. The number of carboxylic acid groups (broad SMARTS) is 1. The number of nitrogens with two attached hydrogens (primary N) is 1. The lowest BCUT2D eigenvalue weighted by molar-refractivity contribution is -0.145. The zero-order valence-electron chi connectivity index (χ0n) is 10.3. The van der Waals surface area contributed by atoms with Crippen LogP contribution in [0, 0.1) is 5.92 Å². The fourth-order valence-corrected chi connectivity index (χ4v) is 2.07. The number of aliphatic carboxylic acids is 1. The molecule has 3 N–H and O–H groups in total. The molecule has 98 valence electrons. The molecular weight excluding hydrogens is 224 g/mol. The van der Waals surface area contributed by atoms with Gasteiger partial charge in [-0.25, -0.2) is 0 Å². The lowest BCUT2D eigenvalue weighted by Gasteiger charge is -2.29. The summed E-state index contributed by atoms with van der Waals surface area (Å²) >= 11 is 0. The van der Waals surface area contributed by atoms with Crippen LogP contribution in [0.4, 0.5) is 0 Å². The van der Waals surface area contributed by atoms with Gasteiger partial charge in [-0.2, -0.15) is 0 Å². The molecular formula is C11H20N2O4. The van der Waals surface area contributed by atoms with E-state index in [1.54, 1.807) is 11.8 Å². The van der Waals surface area contributed by atoms with Gasteiger partial charge in [0.15, 0.2) is 0 Å². The van der Waals surface area contributed by atoms with E-state index in [0.29, 0.717) is 6.54 Å². The highest BCUT2D eigenvalue weighted by atomic mass is 16.5. The van der Waals surface area contributed by atoms with Crippen LogP contribution in [0.5, 0.6) is 0 Å². The van der Waals surface area contributed by atoms with Crippen LogP contribution in [-0.2, 0) is 14.3 Å². The fraction of sp³-hybridized carbons (Fsp3) is 0.818. The van der Waals surface area contributed by atoms with Crippen molar-refractivity contribution in [3.05, 3.63) is 0 Å². The second-order valence-corrected chi connectivity index (χ2v) is 4.41. The highest BCUT2D eigenvalue weighted by Gasteiger charge is 2.39. The lowest BCUT2D eigenvalue weighted by Crippen LogP contribution is -2.47. The molecule has 1 aliphatic heterocycles. The lowest BCUT2D eigenvalue weighted by atomic mass is 10.0. The molecule has 1 fully saturated rings. The Hall–Kier alpha value is -1.14. The SMILES string of the molecule is CCN(C(=O)CC(C)N)C1COCC1C(=O)O. The molecule has 0 radical (unpaired) electrons. The number of carbonyl (C=O) groups excluding carboxylic acids is 1. The third kappa shape index (κ3) is 3.41. The van der Waals surface area contributed by atoms with E-state index in [9.17, 15) is 9.59 Å². The molecule has 3 unspecified atom stereocenters. The summed E-state index contributed by atoms with van der Waals surface area (Å²) < 4.78 is 5.16. The summed E-state index contributed by atoms with van der Waals surface area (Å²) in [6, 6.07) is -0.592. The first-order valence-corrected chi connectivity index (χ1v) is 5.83. The van der Waals surface area contributed by atoms with Crippen molar-refractivity contribution in [3.8, 4) is 0 Å². The Balaban J connectivity index is 2.72. The summed E-state index contributed by atoms with van der Waals surface area (Å²) in [6.07, 6.45) is 0.233. The molecule has 0 saturated carbocycles. The molecule has 17 heavy (non-hydrogen) atoms. The summed E-state index contributed by atoms with van der Waals surface area (Å²) in [5.41, 5.74) is 5.58. The Morgan fingerprint density at radius 1 is 1.53 bits per heavy atom. The molecule has 0 aromatic carbocycles. The van der Waals surface area contributed by atoms with Crippen molar-refractivity contribution >= 4 is 11.9 Å². The van der Waals surface area contributed by atoms with Crippen LogP contribution >= 0.6 is 0 Å².